The molecule has 1 saturated heterocycles. The fraction of sp³-hybridized carbons (Fsp3) is 0.556. The van der Waals surface area contributed by atoms with Crippen molar-refractivity contribution in [2.24, 2.45) is 11.7 Å². The van der Waals surface area contributed by atoms with Crippen molar-refractivity contribution in [3.8, 4) is 11.8 Å². The second-order valence-electron chi connectivity index (χ2n) is 6.18. The summed E-state index contributed by atoms with van der Waals surface area (Å²) in [5.74, 6) is 6.35. The summed E-state index contributed by atoms with van der Waals surface area (Å²) in [4.78, 5) is 2.49. The first-order chi connectivity index (χ1) is 10.3. The van der Waals surface area contributed by atoms with E-state index in [1.807, 2.05) is 12.1 Å². The van der Waals surface area contributed by atoms with E-state index in [2.05, 4.69) is 16.7 Å². The molecule has 0 aromatic heterocycles. The monoisotopic (exact) mass is 286 g/mol. The molecule has 3 heteroatoms. The van der Waals surface area contributed by atoms with Gasteiger partial charge in [0.05, 0.1) is 6.54 Å². The van der Waals surface area contributed by atoms with E-state index in [9.17, 15) is 4.39 Å². The molecular weight excluding hydrogens is 263 g/mol. The Bertz CT molecular complexity index is 558. The van der Waals surface area contributed by atoms with Gasteiger partial charge in [0, 0.05) is 23.7 Å². The van der Waals surface area contributed by atoms with E-state index in [4.69, 9.17) is 5.73 Å². The third-order valence-corrected chi connectivity index (χ3v) is 4.87. The first-order valence-corrected chi connectivity index (χ1v) is 7.99. The van der Waals surface area contributed by atoms with Crippen LogP contribution in [-0.4, -0.2) is 24.0 Å². The number of halogens is 1. The average Bonchev–Trinajstić information content (AvgIpc) is 2.97. The maximum absolute atomic E-state index is 14.3. The summed E-state index contributed by atoms with van der Waals surface area (Å²) in [6.07, 6.45) is 6.59. The first kappa shape index (κ1) is 14.6. The third kappa shape index (κ3) is 3.28. The van der Waals surface area contributed by atoms with Crippen molar-refractivity contribution in [3.63, 3.8) is 0 Å². The molecule has 2 aliphatic rings. The Morgan fingerprint density at radius 2 is 2.10 bits per heavy atom. The van der Waals surface area contributed by atoms with Gasteiger partial charge in [-0.3, -0.25) is 4.90 Å². The van der Waals surface area contributed by atoms with Gasteiger partial charge >= 0.3 is 0 Å². The largest absolute Gasteiger partial charge is 0.320 e. The van der Waals surface area contributed by atoms with Gasteiger partial charge < -0.3 is 5.73 Å². The lowest BCUT2D eigenvalue weighted by atomic mass is 9.91. The summed E-state index contributed by atoms with van der Waals surface area (Å²) >= 11 is 0. The van der Waals surface area contributed by atoms with Gasteiger partial charge in [0.25, 0.3) is 0 Å². The number of rotatable bonds is 2. The van der Waals surface area contributed by atoms with Crippen molar-refractivity contribution in [1.82, 2.24) is 4.90 Å². The lowest BCUT2D eigenvalue weighted by Gasteiger charge is -2.37. The van der Waals surface area contributed by atoms with E-state index in [-0.39, 0.29) is 5.82 Å². The van der Waals surface area contributed by atoms with Crippen LogP contribution in [0.2, 0.25) is 0 Å². The Kier molecular flexibility index (Phi) is 4.57. The molecule has 0 amide bonds. The van der Waals surface area contributed by atoms with Gasteiger partial charge in [0.2, 0.25) is 0 Å². The molecule has 2 N–H and O–H groups in total. The minimum atomic E-state index is -0.140. The molecule has 1 aliphatic heterocycles. The molecule has 0 radical (unpaired) electrons. The second-order valence-corrected chi connectivity index (χ2v) is 6.18. The molecule has 1 aliphatic carbocycles. The molecule has 1 heterocycles. The highest BCUT2D eigenvalue weighted by Gasteiger charge is 2.34. The van der Waals surface area contributed by atoms with Gasteiger partial charge in [-0.1, -0.05) is 24.3 Å². The highest BCUT2D eigenvalue weighted by Crippen LogP contribution is 2.37. The highest BCUT2D eigenvalue weighted by molar-refractivity contribution is 5.37. The Balaban J connectivity index is 1.72. The van der Waals surface area contributed by atoms with Gasteiger partial charge in [-0.15, -0.1) is 0 Å². The summed E-state index contributed by atoms with van der Waals surface area (Å²) in [6, 6.07) is 5.99. The van der Waals surface area contributed by atoms with Gasteiger partial charge in [0.1, 0.15) is 5.82 Å². The summed E-state index contributed by atoms with van der Waals surface area (Å²) in [5.41, 5.74) is 6.84. The topological polar surface area (TPSA) is 29.3 Å². The van der Waals surface area contributed by atoms with Gasteiger partial charge in [0.15, 0.2) is 0 Å². The lowest BCUT2D eigenvalue weighted by Crippen LogP contribution is -2.42. The Morgan fingerprint density at radius 3 is 2.90 bits per heavy atom. The molecule has 112 valence electrons. The average molecular weight is 286 g/mol. The summed E-state index contributed by atoms with van der Waals surface area (Å²) in [7, 11) is 0. The Morgan fingerprint density at radius 1 is 1.24 bits per heavy atom. The van der Waals surface area contributed by atoms with E-state index < -0.39 is 0 Å². The quantitative estimate of drug-likeness (QED) is 0.847. The molecule has 1 saturated carbocycles. The van der Waals surface area contributed by atoms with Crippen molar-refractivity contribution in [3.05, 3.63) is 35.1 Å². The fourth-order valence-corrected chi connectivity index (χ4v) is 3.88. The number of piperidine rings is 1. The zero-order valence-electron chi connectivity index (χ0n) is 12.4. The Labute approximate surface area is 126 Å². The zero-order valence-corrected chi connectivity index (χ0v) is 12.4. The molecule has 2 fully saturated rings. The summed E-state index contributed by atoms with van der Waals surface area (Å²) < 4.78 is 14.3. The molecule has 3 rings (SSSR count). The van der Waals surface area contributed by atoms with E-state index in [0.29, 0.717) is 18.2 Å². The Hall–Kier alpha value is -1.37. The van der Waals surface area contributed by atoms with Crippen LogP contribution < -0.4 is 5.73 Å². The van der Waals surface area contributed by atoms with Crippen LogP contribution in [0.5, 0.6) is 0 Å². The van der Waals surface area contributed by atoms with Crippen LogP contribution in [0.3, 0.4) is 0 Å². The maximum atomic E-state index is 14.3. The number of benzene rings is 1. The normalized spacial score (nSPS) is 25.2. The van der Waals surface area contributed by atoms with E-state index in [1.54, 1.807) is 0 Å². The van der Waals surface area contributed by atoms with E-state index in [0.717, 1.165) is 24.6 Å². The van der Waals surface area contributed by atoms with E-state index in [1.165, 1.54) is 38.2 Å². The van der Waals surface area contributed by atoms with Crippen molar-refractivity contribution in [2.75, 3.05) is 13.1 Å². The highest BCUT2D eigenvalue weighted by atomic mass is 19.1. The molecule has 1 aromatic carbocycles. The first-order valence-electron chi connectivity index (χ1n) is 7.99. The molecule has 0 bridgehead atoms. The molecule has 21 heavy (non-hydrogen) atoms. The smallest absolute Gasteiger partial charge is 0.128 e. The van der Waals surface area contributed by atoms with Crippen LogP contribution in [0.25, 0.3) is 0 Å². The minimum Gasteiger partial charge on any atom is -0.320 e. The molecule has 2 atom stereocenters. The number of hydrogen-bond acceptors (Lipinski definition) is 2. The van der Waals surface area contributed by atoms with E-state index >= 15 is 0 Å². The predicted octanol–water partition coefficient (Wildman–Crippen LogP) is 2.90. The number of hydrogen-bond donors (Lipinski definition) is 1. The van der Waals surface area contributed by atoms with Crippen molar-refractivity contribution in [1.29, 1.82) is 0 Å². The van der Waals surface area contributed by atoms with Crippen molar-refractivity contribution in [2.45, 2.75) is 44.7 Å². The van der Waals surface area contributed by atoms with Crippen LogP contribution in [0.15, 0.2) is 18.2 Å². The summed E-state index contributed by atoms with van der Waals surface area (Å²) in [5, 5.41) is 0. The number of likely N-dealkylation sites (tertiary alicyclic amines) is 1. The van der Waals surface area contributed by atoms with Crippen LogP contribution >= 0.6 is 0 Å². The van der Waals surface area contributed by atoms with Crippen LogP contribution in [0.4, 0.5) is 4.39 Å². The van der Waals surface area contributed by atoms with Gasteiger partial charge in [-0.25, -0.2) is 4.39 Å². The number of nitrogens with zero attached hydrogens (tertiary/aromatic N) is 1. The standard InChI is InChI=1S/C18H23FN2/c19-17-12-14(4-2-10-20)8-9-16(17)13-21-11-3-6-15-5-1-7-18(15)21/h8-9,12,15,18H,1,3,5-7,10-11,13,20H2. The molecule has 1 aromatic rings. The molecule has 2 nitrogen and oxygen atoms in total. The number of nitrogens with two attached hydrogens (primary N) is 1. The van der Waals surface area contributed by atoms with Crippen molar-refractivity contribution >= 4 is 0 Å². The minimum absolute atomic E-state index is 0.140. The van der Waals surface area contributed by atoms with Crippen molar-refractivity contribution < 1.29 is 4.39 Å². The van der Waals surface area contributed by atoms with Gasteiger partial charge in [-0.2, -0.15) is 0 Å². The molecular formula is C18H23FN2. The van der Waals surface area contributed by atoms with Crippen LogP contribution in [0.1, 0.15) is 43.2 Å². The van der Waals surface area contributed by atoms with Gasteiger partial charge in [-0.05, 0) is 50.3 Å². The van der Waals surface area contributed by atoms with Crippen LogP contribution in [-0.2, 0) is 6.54 Å². The SMILES string of the molecule is NCC#Cc1ccc(CN2CCCC3CCCC32)c(F)c1. The maximum Gasteiger partial charge on any atom is 0.128 e. The fourth-order valence-electron chi connectivity index (χ4n) is 3.88. The number of fused-ring (bicyclic) bond motifs is 1. The third-order valence-electron chi connectivity index (χ3n) is 4.87. The zero-order chi connectivity index (χ0) is 14.7. The predicted molar refractivity (Wildman–Crippen MR) is 83.1 cm³/mol. The van der Waals surface area contributed by atoms with Crippen LogP contribution in [0, 0.1) is 23.6 Å². The molecule has 2 unspecified atom stereocenters. The lowest BCUT2D eigenvalue weighted by molar-refractivity contribution is 0.104. The molecule has 0 spiro atoms. The second kappa shape index (κ2) is 6.60. The summed E-state index contributed by atoms with van der Waals surface area (Å²) in [6.45, 7) is 2.15.